The normalized spacial score (nSPS) is 11.0. The smallest absolute Gasteiger partial charge is 0.339 e. The van der Waals surface area contributed by atoms with Crippen molar-refractivity contribution in [2.24, 2.45) is 5.73 Å². The number of benzene rings is 1. The highest BCUT2D eigenvalue weighted by molar-refractivity contribution is 7.92. The average Bonchev–Trinajstić information content (AvgIpc) is 2.54. The molecule has 0 aliphatic carbocycles. The lowest BCUT2D eigenvalue weighted by Gasteiger charge is -2.08. The van der Waals surface area contributed by atoms with Crippen LogP contribution in [0.15, 0.2) is 47.5 Å². The molecule has 2 rings (SSSR count). The second-order valence-electron chi connectivity index (χ2n) is 4.38. The Morgan fingerprint density at radius 1 is 1.23 bits per heavy atom. The van der Waals surface area contributed by atoms with Crippen LogP contribution in [-0.4, -0.2) is 26.5 Å². The van der Waals surface area contributed by atoms with Gasteiger partial charge in [-0.05, 0) is 29.8 Å². The topological polar surface area (TPSA) is 111 Å². The fourth-order valence-electron chi connectivity index (χ4n) is 1.69. The van der Waals surface area contributed by atoms with E-state index in [2.05, 4.69) is 14.4 Å². The third kappa shape index (κ3) is 3.60. The van der Waals surface area contributed by atoms with Gasteiger partial charge in [0.2, 0.25) is 0 Å². The van der Waals surface area contributed by atoms with Crippen LogP contribution in [0.25, 0.3) is 0 Å². The maximum atomic E-state index is 12.2. The van der Waals surface area contributed by atoms with Crippen LogP contribution in [0.5, 0.6) is 0 Å². The van der Waals surface area contributed by atoms with Crippen LogP contribution in [0.2, 0.25) is 0 Å². The van der Waals surface area contributed by atoms with Gasteiger partial charge in [-0.2, -0.15) is 0 Å². The minimum atomic E-state index is -3.75. The first-order valence-corrected chi connectivity index (χ1v) is 7.81. The molecule has 22 heavy (non-hydrogen) atoms. The Labute approximate surface area is 128 Å². The molecule has 0 aliphatic heterocycles. The Bertz CT molecular complexity index is 756. The van der Waals surface area contributed by atoms with E-state index in [4.69, 9.17) is 5.73 Å². The monoisotopic (exact) mass is 321 g/mol. The summed E-state index contributed by atoms with van der Waals surface area (Å²) < 4.78 is 31.3. The predicted octanol–water partition coefficient (Wildman–Crippen LogP) is 1.13. The zero-order chi connectivity index (χ0) is 16.2. The average molecular weight is 321 g/mol. The third-order valence-corrected chi connectivity index (χ3v) is 4.26. The van der Waals surface area contributed by atoms with Crippen molar-refractivity contribution < 1.29 is 17.9 Å². The second-order valence-corrected chi connectivity index (χ2v) is 6.06. The van der Waals surface area contributed by atoms with Crippen molar-refractivity contribution in [1.29, 1.82) is 0 Å². The quantitative estimate of drug-likeness (QED) is 0.798. The first-order valence-electron chi connectivity index (χ1n) is 6.32. The number of hydrogen-bond acceptors (Lipinski definition) is 6. The van der Waals surface area contributed by atoms with Gasteiger partial charge in [-0.3, -0.25) is 4.72 Å². The van der Waals surface area contributed by atoms with Gasteiger partial charge in [-0.15, -0.1) is 0 Å². The number of sulfonamides is 1. The zero-order valence-electron chi connectivity index (χ0n) is 11.8. The number of ether oxygens (including phenoxy) is 1. The molecule has 0 atom stereocenters. The van der Waals surface area contributed by atoms with Gasteiger partial charge in [0, 0.05) is 12.7 Å². The van der Waals surface area contributed by atoms with E-state index in [1.54, 1.807) is 12.1 Å². The van der Waals surface area contributed by atoms with E-state index >= 15 is 0 Å². The maximum absolute atomic E-state index is 12.2. The molecule has 116 valence electrons. The zero-order valence-corrected chi connectivity index (χ0v) is 12.6. The molecule has 1 aromatic heterocycles. The highest BCUT2D eigenvalue weighted by Crippen LogP contribution is 2.15. The molecule has 0 saturated carbocycles. The van der Waals surface area contributed by atoms with Crippen molar-refractivity contribution >= 4 is 21.8 Å². The molecule has 0 spiro atoms. The summed E-state index contributed by atoms with van der Waals surface area (Å²) in [6, 6.07) is 9.03. The summed E-state index contributed by atoms with van der Waals surface area (Å²) in [5.41, 5.74) is 6.54. The number of nitrogens with zero attached hydrogens (tertiary/aromatic N) is 1. The molecule has 0 aliphatic rings. The molecule has 0 amide bonds. The van der Waals surface area contributed by atoms with Gasteiger partial charge < -0.3 is 10.5 Å². The Hall–Kier alpha value is -2.45. The van der Waals surface area contributed by atoms with E-state index in [0.29, 0.717) is 6.54 Å². The summed E-state index contributed by atoms with van der Waals surface area (Å²) in [5.74, 6) is -0.435. The summed E-state index contributed by atoms with van der Waals surface area (Å²) in [6.07, 6.45) is 1.24. The van der Waals surface area contributed by atoms with Crippen molar-refractivity contribution in [3.05, 3.63) is 53.7 Å². The molecule has 8 heteroatoms. The summed E-state index contributed by atoms with van der Waals surface area (Å²) in [7, 11) is -2.49. The summed E-state index contributed by atoms with van der Waals surface area (Å²) in [5, 5.41) is 0. The largest absolute Gasteiger partial charge is 0.465 e. The fraction of sp³-hybridized carbons (Fsp3) is 0.143. The summed E-state index contributed by atoms with van der Waals surface area (Å²) in [4.78, 5) is 15.3. The summed E-state index contributed by atoms with van der Waals surface area (Å²) >= 11 is 0. The highest BCUT2D eigenvalue weighted by Gasteiger charge is 2.15. The molecule has 1 heterocycles. The van der Waals surface area contributed by atoms with Gasteiger partial charge in [-0.25, -0.2) is 18.2 Å². The van der Waals surface area contributed by atoms with Gasteiger partial charge in [-0.1, -0.05) is 12.1 Å². The number of nitrogens with two attached hydrogens (primary N) is 1. The van der Waals surface area contributed by atoms with Gasteiger partial charge >= 0.3 is 5.97 Å². The minimum Gasteiger partial charge on any atom is -0.465 e. The number of rotatable bonds is 5. The van der Waals surface area contributed by atoms with E-state index in [-0.39, 0.29) is 16.3 Å². The molecule has 0 unspecified atom stereocenters. The van der Waals surface area contributed by atoms with Crippen molar-refractivity contribution in [2.75, 3.05) is 11.8 Å². The van der Waals surface area contributed by atoms with Crippen LogP contribution in [-0.2, 0) is 21.3 Å². The lowest BCUT2D eigenvalue weighted by molar-refractivity contribution is 0.0600. The van der Waals surface area contributed by atoms with Crippen LogP contribution >= 0.6 is 0 Å². The van der Waals surface area contributed by atoms with Crippen LogP contribution in [0, 0.1) is 0 Å². The molecule has 0 bridgehead atoms. The number of aromatic nitrogens is 1. The first-order chi connectivity index (χ1) is 10.5. The molecule has 0 fully saturated rings. The number of esters is 1. The van der Waals surface area contributed by atoms with E-state index in [9.17, 15) is 13.2 Å². The second kappa shape index (κ2) is 6.54. The molecule has 7 nitrogen and oxygen atoms in total. The lowest BCUT2D eigenvalue weighted by atomic mass is 10.2. The van der Waals surface area contributed by atoms with Gasteiger partial charge in [0.1, 0.15) is 5.82 Å². The molecular formula is C14H15N3O4S. The summed E-state index contributed by atoms with van der Waals surface area (Å²) in [6.45, 7) is 0.338. The fourth-order valence-corrected chi connectivity index (χ4v) is 2.70. The first kappa shape index (κ1) is 15.9. The van der Waals surface area contributed by atoms with Crippen LogP contribution < -0.4 is 10.5 Å². The number of carbonyl (C=O) groups excluding carboxylic acids is 1. The van der Waals surface area contributed by atoms with Gasteiger partial charge in [0.15, 0.2) is 0 Å². The van der Waals surface area contributed by atoms with Crippen molar-refractivity contribution in [1.82, 2.24) is 4.98 Å². The maximum Gasteiger partial charge on any atom is 0.339 e. The van der Waals surface area contributed by atoms with Gasteiger partial charge in [0.25, 0.3) is 10.0 Å². The standard InChI is InChI=1S/C14H15N3O4S/c1-21-14(18)11-4-7-13(16-9-11)17-22(19,20)12-5-2-10(8-15)3-6-12/h2-7,9H,8,15H2,1H3,(H,16,17). The SMILES string of the molecule is COC(=O)c1ccc(NS(=O)(=O)c2ccc(CN)cc2)nc1. The number of pyridine rings is 1. The predicted molar refractivity (Wildman–Crippen MR) is 80.7 cm³/mol. The minimum absolute atomic E-state index is 0.101. The van der Waals surface area contributed by atoms with Crippen molar-refractivity contribution in [2.45, 2.75) is 11.4 Å². The molecule has 0 saturated heterocycles. The Kier molecular flexibility index (Phi) is 4.74. The van der Waals surface area contributed by atoms with Crippen LogP contribution in [0.3, 0.4) is 0 Å². The Balaban J connectivity index is 2.19. The van der Waals surface area contributed by atoms with E-state index < -0.39 is 16.0 Å². The molecule has 3 N–H and O–H groups in total. The van der Waals surface area contributed by atoms with E-state index in [1.165, 1.54) is 37.6 Å². The highest BCUT2D eigenvalue weighted by atomic mass is 32.2. The van der Waals surface area contributed by atoms with Crippen molar-refractivity contribution in [3.8, 4) is 0 Å². The number of carbonyl (C=O) groups is 1. The lowest BCUT2D eigenvalue weighted by Crippen LogP contribution is -2.14. The Morgan fingerprint density at radius 2 is 1.91 bits per heavy atom. The van der Waals surface area contributed by atoms with Crippen molar-refractivity contribution in [3.63, 3.8) is 0 Å². The van der Waals surface area contributed by atoms with Gasteiger partial charge in [0.05, 0.1) is 17.6 Å². The number of anilines is 1. The molecule has 0 radical (unpaired) electrons. The third-order valence-electron chi connectivity index (χ3n) is 2.89. The number of hydrogen-bond donors (Lipinski definition) is 2. The van der Waals surface area contributed by atoms with Crippen LogP contribution in [0.1, 0.15) is 15.9 Å². The van der Waals surface area contributed by atoms with E-state index in [0.717, 1.165) is 5.56 Å². The Morgan fingerprint density at radius 3 is 2.41 bits per heavy atom. The molecule has 2 aromatic rings. The number of methoxy groups -OCH3 is 1. The number of nitrogens with one attached hydrogen (secondary N) is 1. The molecular weight excluding hydrogens is 306 g/mol. The van der Waals surface area contributed by atoms with Crippen LogP contribution in [0.4, 0.5) is 5.82 Å². The van der Waals surface area contributed by atoms with E-state index in [1.807, 2.05) is 0 Å². The molecule has 1 aromatic carbocycles.